The van der Waals surface area contributed by atoms with Crippen molar-refractivity contribution in [3.05, 3.63) is 97.1 Å². The number of nitro groups is 3. The molecule has 0 saturated heterocycles. The quantitative estimate of drug-likeness (QED) is 0.517. The van der Waals surface area contributed by atoms with Gasteiger partial charge in [-0.15, -0.1) is 0 Å². The van der Waals surface area contributed by atoms with Gasteiger partial charge < -0.3 is 0 Å². The van der Waals surface area contributed by atoms with E-state index in [1.54, 1.807) is 0 Å². The first-order valence-corrected chi connectivity index (χ1v) is 6.90. The van der Waals surface area contributed by atoms with E-state index in [0.717, 1.165) is 0 Å². The molecule has 126 valence electrons. The molecule has 0 bridgehead atoms. The zero-order valence-electron chi connectivity index (χ0n) is 12.6. The lowest BCUT2D eigenvalue weighted by Crippen LogP contribution is -1.96. The lowest BCUT2D eigenvalue weighted by Gasteiger charge is -1.93. The fraction of sp³-hybridized carbons (Fsp3) is 0. The van der Waals surface area contributed by atoms with E-state index in [1.165, 1.54) is 10.8 Å². The van der Waals surface area contributed by atoms with Gasteiger partial charge in [0.2, 0.25) is 0 Å². The number of non-ortho nitro benzene ring substituents is 3. The van der Waals surface area contributed by atoms with Crippen LogP contribution in [0.3, 0.4) is 0 Å². The molecule has 3 rings (SSSR count). The maximum Gasteiger partial charge on any atom is 0.283 e. The maximum absolute atomic E-state index is 10.3. The summed E-state index contributed by atoms with van der Waals surface area (Å²) in [5.74, 6) is 0. The highest BCUT2D eigenvalue weighted by molar-refractivity contribution is 5.82. The molecule has 0 aliphatic heterocycles. The third-order valence-electron chi connectivity index (χ3n) is 3.18. The summed E-state index contributed by atoms with van der Waals surface area (Å²) in [6.07, 6.45) is 0. The molecule has 0 fully saturated rings. The van der Waals surface area contributed by atoms with Crippen LogP contribution in [0.15, 0.2) is 66.7 Å². The Labute approximate surface area is 140 Å². The third-order valence-corrected chi connectivity index (χ3v) is 3.18. The number of nitro benzene ring substituents is 3. The zero-order chi connectivity index (χ0) is 18.4. The highest BCUT2D eigenvalue weighted by Gasteiger charge is 2.21. The van der Waals surface area contributed by atoms with Crippen molar-refractivity contribution in [1.82, 2.24) is 0 Å². The van der Waals surface area contributed by atoms with E-state index in [2.05, 4.69) is 48.5 Å². The fourth-order valence-electron chi connectivity index (χ4n) is 2.03. The van der Waals surface area contributed by atoms with Gasteiger partial charge in [0, 0.05) is 0 Å². The lowest BCUT2D eigenvalue weighted by molar-refractivity contribution is -0.403. The second-order valence-electron chi connectivity index (χ2n) is 4.83. The van der Waals surface area contributed by atoms with E-state index in [4.69, 9.17) is 0 Å². The summed E-state index contributed by atoms with van der Waals surface area (Å²) < 4.78 is 0. The van der Waals surface area contributed by atoms with Gasteiger partial charge in [-0.05, 0) is 10.8 Å². The molecule has 0 atom stereocenters. The van der Waals surface area contributed by atoms with Crippen LogP contribution in [0.5, 0.6) is 0 Å². The molecule has 0 radical (unpaired) electrons. The largest absolute Gasteiger partial charge is 0.283 e. The molecule has 0 amide bonds. The first-order valence-electron chi connectivity index (χ1n) is 6.90. The molecule has 0 aliphatic rings. The number of rotatable bonds is 3. The van der Waals surface area contributed by atoms with Gasteiger partial charge in [-0.2, -0.15) is 0 Å². The molecule has 3 aromatic carbocycles. The van der Waals surface area contributed by atoms with E-state index in [0.29, 0.717) is 18.2 Å². The molecule has 0 saturated carbocycles. The summed E-state index contributed by atoms with van der Waals surface area (Å²) in [5.41, 5.74) is -2.05. The van der Waals surface area contributed by atoms with Crippen LogP contribution in [0.2, 0.25) is 0 Å². The van der Waals surface area contributed by atoms with Crippen molar-refractivity contribution in [3.63, 3.8) is 0 Å². The topological polar surface area (TPSA) is 129 Å². The molecular formula is C16H11N3O6. The molecule has 0 aliphatic carbocycles. The molecule has 0 spiro atoms. The Balaban J connectivity index is 0.000000194. The smallest absolute Gasteiger partial charge is 0.258 e. The maximum atomic E-state index is 10.3. The Morgan fingerprint density at radius 1 is 0.520 bits per heavy atom. The van der Waals surface area contributed by atoms with Crippen molar-refractivity contribution in [2.24, 2.45) is 0 Å². The van der Waals surface area contributed by atoms with Gasteiger partial charge in [0.1, 0.15) is 0 Å². The van der Waals surface area contributed by atoms with Crippen LogP contribution < -0.4 is 0 Å². The van der Waals surface area contributed by atoms with E-state index < -0.39 is 31.8 Å². The normalized spacial score (nSPS) is 9.76. The van der Waals surface area contributed by atoms with Gasteiger partial charge in [-0.3, -0.25) is 30.3 Å². The summed E-state index contributed by atoms with van der Waals surface area (Å²) in [6, 6.07) is 18.7. The molecule has 0 N–H and O–H groups in total. The van der Waals surface area contributed by atoms with Gasteiger partial charge in [-0.1, -0.05) is 48.5 Å². The second kappa shape index (κ2) is 7.59. The van der Waals surface area contributed by atoms with Gasteiger partial charge in [0.15, 0.2) is 0 Å². The predicted molar refractivity (Wildman–Crippen MR) is 90.4 cm³/mol. The van der Waals surface area contributed by atoms with Gasteiger partial charge in [0.25, 0.3) is 17.1 Å². The van der Waals surface area contributed by atoms with Crippen LogP contribution >= 0.6 is 0 Å². The van der Waals surface area contributed by atoms with Crippen molar-refractivity contribution in [2.45, 2.75) is 0 Å². The van der Waals surface area contributed by atoms with Crippen molar-refractivity contribution in [3.8, 4) is 0 Å². The molecule has 3 aromatic rings. The monoisotopic (exact) mass is 341 g/mol. The first-order chi connectivity index (χ1) is 11.9. The lowest BCUT2D eigenvalue weighted by atomic mass is 10.1. The summed E-state index contributed by atoms with van der Waals surface area (Å²) >= 11 is 0. The summed E-state index contributed by atoms with van der Waals surface area (Å²) in [6.45, 7) is 0. The van der Waals surface area contributed by atoms with Crippen LogP contribution in [0.1, 0.15) is 0 Å². The predicted octanol–water partition coefficient (Wildman–Crippen LogP) is 4.25. The molecule has 0 aromatic heterocycles. The number of fused-ring (bicyclic) bond motifs is 1. The molecule has 0 heterocycles. The van der Waals surface area contributed by atoms with Crippen molar-refractivity contribution in [2.75, 3.05) is 0 Å². The van der Waals surface area contributed by atoms with Crippen LogP contribution in [-0.4, -0.2) is 14.8 Å². The minimum Gasteiger partial charge on any atom is -0.258 e. The third kappa shape index (κ3) is 4.55. The molecule has 0 unspecified atom stereocenters. The Morgan fingerprint density at radius 2 is 0.760 bits per heavy atom. The molecule has 9 nitrogen and oxygen atoms in total. The number of hydrogen-bond donors (Lipinski definition) is 0. The van der Waals surface area contributed by atoms with E-state index in [-0.39, 0.29) is 0 Å². The highest BCUT2D eigenvalue weighted by Crippen LogP contribution is 2.26. The van der Waals surface area contributed by atoms with E-state index >= 15 is 0 Å². The standard InChI is InChI=1S/C10H8.C6H3N3O6/c1-2-6-10-8-4-3-7-9(10)5-1;10-7(11)4-1-5(8(12)13)3-6(2-4)9(14)15/h1-8H;1-3H. The number of hydrogen-bond acceptors (Lipinski definition) is 6. The Kier molecular flexibility index (Phi) is 5.31. The Bertz CT molecular complexity index is 813. The SMILES string of the molecule is O=[N+]([O-])c1cc([N+](=O)[O-])cc([N+](=O)[O-])c1.c1ccc2ccccc2c1. The minimum absolute atomic E-state index is 0.660. The Morgan fingerprint density at radius 3 is 0.960 bits per heavy atom. The average molecular weight is 341 g/mol. The number of nitrogens with zero attached hydrogens (tertiary/aromatic N) is 3. The highest BCUT2D eigenvalue weighted by atomic mass is 16.6. The van der Waals surface area contributed by atoms with Crippen LogP contribution in [0.4, 0.5) is 17.1 Å². The van der Waals surface area contributed by atoms with E-state index in [9.17, 15) is 30.3 Å². The van der Waals surface area contributed by atoms with Crippen molar-refractivity contribution in [1.29, 1.82) is 0 Å². The molecule has 25 heavy (non-hydrogen) atoms. The number of benzene rings is 3. The van der Waals surface area contributed by atoms with Crippen LogP contribution in [-0.2, 0) is 0 Å². The van der Waals surface area contributed by atoms with Crippen LogP contribution in [0, 0.1) is 30.3 Å². The van der Waals surface area contributed by atoms with Crippen molar-refractivity contribution < 1.29 is 14.8 Å². The molecule has 9 heteroatoms. The zero-order valence-corrected chi connectivity index (χ0v) is 12.6. The summed E-state index contributed by atoms with van der Waals surface area (Å²) in [5, 5.41) is 33.6. The summed E-state index contributed by atoms with van der Waals surface area (Å²) in [4.78, 5) is 28.1. The first kappa shape index (κ1) is 17.5. The van der Waals surface area contributed by atoms with Gasteiger partial charge >= 0.3 is 0 Å². The Hall–Kier alpha value is -3.88. The van der Waals surface area contributed by atoms with Gasteiger partial charge in [-0.25, -0.2) is 0 Å². The summed E-state index contributed by atoms with van der Waals surface area (Å²) in [7, 11) is 0. The fourth-order valence-corrected chi connectivity index (χ4v) is 2.03. The second-order valence-corrected chi connectivity index (χ2v) is 4.83. The van der Waals surface area contributed by atoms with Crippen LogP contribution in [0.25, 0.3) is 10.8 Å². The minimum atomic E-state index is -0.931. The van der Waals surface area contributed by atoms with Crippen molar-refractivity contribution >= 4 is 27.8 Å². The van der Waals surface area contributed by atoms with Gasteiger partial charge in [0.05, 0.1) is 33.0 Å². The average Bonchev–Trinajstić information content (AvgIpc) is 2.61. The molecular weight excluding hydrogens is 330 g/mol. The van der Waals surface area contributed by atoms with E-state index in [1.807, 2.05) is 0 Å².